The lowest BCUT2D eigenvalue weighted by atomic mass is 9.84. The van der Waals surface area contributed by atoms with E-state index >= 15 is 0 Å². The number of oxazole rings is 1. The Morgan fingerprint density at radius 2 is 2.22 bits per heavy atom. The van der Waals surface area contributed by atoms with Crippen LogP contribution >= 0.6 is 0 Å². The Kier molecular flexibility index (Phi) is 5.01. The van der Waals surface area contributed by atoms with Crippen molar-refractivity contribution in [3.8, 4) is 17.1 Å². The number of aromatic nitrogens is 1. The number of hydrogen-bond donors (Lipinski definition) is 1. The molecule has 0 radical (unpaired) electrons. The fourth-order valence-electron chi connectivity index (χ4n) is 3.49. The molecule has 124 valence electrons. The summed E-state index contributed by atoms with van der Waals surface area (Å²) in [5.41, 5.74) is 2.26. The van der Waals surface area contributed by atoms with Crippen molar-refractivity contribution in [1.82, 2.24) is 10.3 Å². The molecule has 1 saturated heterocycles. The normalized spacial score (nSPS) is 21.3. The molecule has 0 amide bonds. The topological polar surface area (TPSA) is 47.3 Å². The zero-order valence-corrected chi connectivity index (χ0v) is 14.3. The average Bonchev–Trinajstić information content (AvgIpc) is 3.11. The van der Waals surface area contributed by atoms with Gasteiger partial charge in [-0.15, -0.1) is 0 Å². The molecule has 0 spiro atoms. The highest BCUT2D eigenvalue weighted by Gasteiger charge is 2.28. The number of nitrogens with zero attached hydrogens (tertiary/aromatic N) is 1. The van der Waals surface area contributed by atoms with Crippen molar-refractivity contribution >= 4 is 0 Å². The highest BCUT2D eigenvalue weighted by molar-refractivity contribution is 5.60. The van der Waals surface area contributed by atoms with Crippen molar-refractivity contribution in [3.63, 3.8) is 0 Å². The van der Waals surface area contributed by atoms with Crippen molar-refractivity contribution in [1.29, 1.82) is 0 Å². The molecule has 0 aliphatic carbocycles. The van der Waals surface area contributed by atoms with Crippen LogP contribution in [0.2, 0.25) is 0 Å². The van der Waals surface area contributed by atoms with Crippen LogP contribution in [0.4, 0.5) is 0 Å². The molecular formula is C19H26N2O2. The van der Waals surface area contributed by atoms with Crippen LogP contribution in [-0.4, -0.2) is 25.2 Å². The maximum absolute atomic E-state index is 6.12. The van der Waals surface area contributed by atoms with Crippen LogP contribution in [0.3, 0.4) is 0 Å². The lowest BCUT2D eigenvalue weighted by molar-refractivity contribution is 0.275. The molecule has 2 heterocycles. The Morgan fingerprint density at radius 3 is 2.96 bits per heavy atom. The Bertz CT molecular complexity index is 651. The number of ether oxygens (including phenoxy) is 1. The van der Waals surface area contributed by atoms with Gasteiger partial charge in [-0.2, -0.15) is 0 Å². The van der Waals surface area contributed by atoms with Crippen LogP contribution in [0.5, 0.6) is 5.75 Å². The van der Waals surface area contributed by atoms with Gasteiger partial charge in [-0.25, -0.2) is 4.98 Å². The van der Waals surface area contributed by atoms with E-state index in [0.29, 0.717) is 11.8 Å². The zero-order valence-electron chi connectivity index (χ0n) is 14.3. The maximum Gasteiger partial charge on any atom is 0.199 e. The molecule has 4 nitrogen and oxygen atoms in total. The van der Waals surface area contributed by atoms with E-state index in [4.69, 9.17) is 9.15 Å². The van der Waals surface area contributed by atoms with Crippen molar-refractivity contribution in [2.45, 2.75) is 39.0 Å². The monoisotopic (exact) mass is 314 g/mol. The second kappa shape index (κ2) is 7.18. The van der Waals surface area contributed by atoms with Gasteiger partial charge in [-0.3, -0.25) is 0 Å². The van der Waals surface area contributed by atoms with E-state index in [9.17, 15) is 0 Å². The average molecular weight is 314 g/mol. The summed E-state index contributed by atoms with van der Waals surface area (Å²) in [4.78, 5) is 4.57. The summed E-state index contributed by atoms with van der Waals surface area (Å²) in [5.74, 6) is 3.68. The van der Waals surface area contributed by atoms with E-state index < -0.39 is 0 Å². The molecule has 1 aromatic heterocycles. The summed E-state index contributed by atoms with van der Waals surface area (Å²) < 4.78 is 11.5. The van der Waals surface area contributed by atoms with Gasteiger partial charge in [-0.05, 0) is 49.1 Å². The fraction of sp³-hybridized carbons (Fsp3) is 0.526. The van der Waals surface area contributed by atoms with Crippen molar-refractivity contribution in [2.24, 2.45) is 5.92 Å². The third-order valence-corrected chi connectivity index (χ3v) is 4.94. The van der Waals surface area contributed by atoms with Gasteiger partial charge in [0, 0.05) is 12.1 Å². The smallest absolute Gasteiger partial charge is 0.199 e. The molecule has 1 aliphatic heterocycles. The van der Waals surface area contributed by atoms with Crippen molar-refractivity contribution < 1.29 is 9.15 Å². The summed E-state index contributed by atoms with van der Waals surface area (Å²) in [6.07, 6.45) is 5.16. The summed E-state index contributed by atoms with van der Waals surface area (Å²) in [6, 6.07) is 6.19. The third-order valence-electron chi connectivity index (χ3n) is 4.94. The number of methoxy groups -OCH3 is 1. The molecule has 1 aromatic carbocycles. The van der Waals surface area contributed by atoms with Crippen LogP contribution in [0.25, 0.3) is 11.3 Å². The van der Waals surface area contributed by atoms with Crippen LogP contribution in [0.1, 0.15) is 44.1 Å². The van der Waals surface area contributed by atoms with Crippen molar-refractivity contribution in [2.75, 3.05) is 20.2 Å². The van der Waals surface area contributed by atoms with Crippen LogP contribution in [0, 0.1) is 5.92 Å². The Morgan fingerprint density at radius 1 is 1.35 bits per heavy atom. The van der Waals surface area contributed by atoms with Gasteiger partial charge in [-0.1, -0.05) is 20.3 Å². The van der Waals surface area contributed by atoms with Crippen molar-refractivity contribution in [3.05, 3.63) is 35.9 Å². The second-order valence-electron chi connectivity index (χ2n) is 6.21. The number of hydrogen-bond acceptors (Lipinski definition) is 4. The minimum Gasteiger partial charge on any atom is -0.496 e. The molecule has 0 saturated carbocycles. The minimum absolute atomic E-state index is 0.381. The van der Waals surface area contributed by atoms with E-state index in [2.05, 4.69) is 30.2 Å². The zero-order chi connectivity index (χ0) is 16.2. The lowest BCUT2D eigenvalue weighted by Gasteiger charge is -2.29. The quantitative estimate of drug-likeness (QED) is 0.905. The van der Waals surface area contributed by atoms with E-state index in [1.807, 2.05) is 18.3 Å². The molecule has 2 aromatic rings. The molecule has 1 fully saturated rings. The SMILES string of the molecule is CCc1cc(-c2cnc(C3CNCCC3CC)o2)ccc1OC. The maximum atomic E-state index is 6.12. The van der Waals surface area contributed by atoms with Crippen LogP contribution in [-0.2, 0) is 6.42 Å². The van der Waals surface area contributed by atoms with Crippen LogP contribution in [0.15, 0.2) is 28.8 Å². The number of benzene rings is 1. The molecule has 3 rings (SSSR count). The number of piperidine rings is 1. The van der Waals surface area contributed by atoms with E-state index in [0.717, 1.165) is 42.5 Å². The second-order valence-corrected chi connectivity index (χ2v) is 6.21. The minimum atomic E-state index is 0.381. The molecule has 23 heavy (non-hydrogen) atoms. The molecule has 4 heteroatoms. The van der Waals surface area contributed by atoms with Gasteiger partial charge in [0.2, 0.25) is 0 Å². The Labute approximate surface area is 138 Å². The number of rotatable bonds is 5. The third kappa shape index (κ3) is 3.27. The summed E-state index contributed by atoms with van der Waals surface area (Å²) in [5, 5.41) is 3.46. The molecule has 1 N–H and O–H groups in total. The molecule has 2 atom stereocenters. The number of nitrogens with one attached hydrogen (secondary N) is 1. The van der Waals surface area contributed by atoms with Gasteiger partial charge < -0.3 is 14.5 Å². The Balaban J connectivity index is 1.86. The first-order chi connectivity index (χ1) is 11.3. The first-order valence-electron chi connectivity index (χ1n) is 8.60. The molecule has 2 unspecified atom stereocenters. The first-order valence-corrected chi connectivity index (χ1v) is 8.60. The summed E-state index contributed by atoms with van der Waals surface area (Å²) in [7, 11) is 1.71. The number of aryl methyl sites for hydroxylation is 1. The predicted octanol–water partition coefficient (Wildman–Crippen LogP) is 4.02. The van der Waals surface area contributed by atoms with Gasteiger partial charge in [0.05, 0.1) is 19.2 Å². The summed E-state index contributed by atoms with van der Waals surface area (Å²) >= 11 is 0. The molecular weight excluding hydrogens is 288 g/mol. The van der Waals surface area contributed by atoms with Gasteiger partial charge in [0.15, 0.2) is 11.7 Å². The van der Waals surface area contributed by atoms with E-state index in [-0.39, 0.29) is 0 Å². The highest BCUT2D eigenvalue weighted by atomic mass is 16.5. The van der Waals surface area contributed by atoms with Gasteiger partial charge in [0.25, 0.3) is 0 Å². The lowest BCUT2D eigenvalue weighted by Crippen LogP contribution is -2.35. The Hall–Kier alpha value is -1.81. The van der Waals surface area contributed by atoms with Gasteiger partial charge >= 0.3 is 0 Å². The van der Waals surface area contributed by atoms with Crippen LogP contribution < -0.4 is 10.1 Å². The largest absolute Gasteiger partial charge is 0.496 e. The molecule has 0 bridgehead atoms. The fourth-order valence-corrected chi connectivity index (χ4v) is 3.49. The molecule has 1 aliphatic rings. The predicted molar refractivity (Wildman–Crippen MR) is 91.9 cm³/mol. The van der Waals surface area contributed by atoms with Gasteiger partial charge in [0.1, 0.15) is 5.75 Å². The summed E-state index contributed by atoms with van der Waals surface area (Å²) in [6.45, 7) is 6.44. The van der Waals surface area contributed by atoms with E-state index in [1.165, 1.54) is 18.4 Å². The first kappa shape index (κ1) is 16.1. The highest BCUT2D eigenvalue weighted by Crippen LogP contribution is 2.34. The standard InChI is InChI=1S/C19H26N2O2/c1-4-13-8-9-20-11-16(13)19-21-12-18(23-19)15-6-7-17(22-3)14(5-2)10-15/h6-7,10,12-13,16,20H,4-5,8-9,11H2,1-3H3. The van der Waals surface area contributed by atoms with E-state index in [1.54, 1.807) is 7.11 Å².